The zero-order chi connectivity index (χ0) is 21.0. The molecule has 0 radical (unpaired) electrons. The van der Waals surface area contributed by atoms with Gasteiger partial charge in [-0.1, -0.05) is 18.2 Å². The lowest BCUT2D eigenvalue weighted by atomic mass is 10.0. The summed E-state index contributed by atoms with van der Waals surface area (Å²) in [7, 11) is 0. The number of carbonyl (C=O) groups excluding carboxylic acids is 2. The number of nitrogens with zero attached hydrogens (tertiary/aromatic N) is 3. The molecule has 0 unspecified atom stereocenters. The minimum atomic E-state index is -4.46. The number of hydrogen-bond acceptors (Lipinski definition) is 4. The van der Waals surface area contributed by atoms with Gasteiger partial charge in [-0.2, -0.15) is 13.2 Å². The fourth-order valence-corrected chi connectivity index (χ4v) is 3.73. The summed E-state index contributed by atoms with van der Waals surface area (Å²) in [5.74, 6) is -0.944. The summed E-state index contributed by atoms with van der Waals surface area (Å²) in [6, 6.07) is 11.5. The molecule has 5 nitrogen and oxygen atoms in total. The molecule has 2 aliphatic rings. The second-order valence-corrected chi connectivity index (χ2v) is 6.96. The van der Waals surface area contributed by atoms with E-state index in [4.69, 9.17) is 0 Å². The van der Waals surface area contributed by atoms with Gasteiger partial charge in [0.2, 0.25) is 0 Å². The maximum atomic E-state index is 13.0. The van der Waals surface area contributed by atoms with Crippen LogP contribution in [0, 0.1) is 0 Å². The molecule has 0 spiro atoms. The van der Waals surface area contributed by atoms with Gasteiger partial charge in [-0.3, -0.25) is 19.6 Å². The van der Waals surface area contributed by atoms with Gasteiger partial charge in [0, 0.05) is 18.2 Å². The summed E-state index contributed by atoms with van der Waals surface area (Å²) >= 11 is 0. The summed E-state index contributed by atoms with van der Waals surface area (Å²) in [6.45, 7) is 0. The third-order valence-electron chi connectivity index (χ3n) is 5.17. The number of hydrogen-bond donors (Lipinski definition) is 0. The third-order valence-corrected chi connectivity index (χ3v) is 5.17. The molecule has 30 heavy (non-hydrogen) atoms. The van der Waals surface area contributed by atoms with Crippen molar-refractivity contribution >= 4 is 28.9 Å². The molecule has 0 saturated heterocycles. The second-order valence-electron chi connectivity index (χ2n) is 6.96. The van der Waals surface area contributed by atoms with E-state index in [1.807, 2.05) is 0 Å². The Kier molecular flexibility index (Phi) is 3.86. The SMILES string of the molecule is O=C1c2ccccc2C(=O)N1c1cnccc1C1=Nc2cc(C(F)(F)F)ccc2C1. The smallest absolute Gasteiger partial charge is 0.268 e. The molecule has 3 heterocycles. The molecule has 148 valence electrons. The molecule has 8 heteroatoms. The van der Waals surface area contributed by atoms with Crippen LogP contribution < -0.4 is 4.90 Å². The first-order valence-electron chi connectivity index (χ1n) is 9.04. The standard InChI is InChI=1S/C22H12F3N3O2/c23-22(24,25)13-6-5-12-9-18(27-17(12)10-13)16-7-8-26-11-19(16)28-20(29)14-3-1-2-4-15(14)21(28)30/h1-8,10-11H,9H2. The van der Waals surface area contributed by atoms with Crippen LogP contribution in [0.25, 0.3) is 0 Å². The number of imide groups is 1. The summed E-state index contributed by atoms with van der Waals surface area (Å²) in [6.07, 6.45) is -1.30. The monoisotopic (exact) mass is 407 g/mol. The van der Waals surface area contributed by atoms with Crippen molar-refractivity contribution in [3.8, 4) is 0 Å². The number of aliphatic imine (C=N–C) groups is 1. The van der Waals surface area contributed by atoms with Gasteiger partial charge < -0.3 is 0 Å². The zero-order valence-corrected chi connectivity index (χ0v) is 15.3. The Morgan fingerprint density at radius 1 is 0.900 bits per heavy atom. The first-order chi connectivity index (χ1) is 14.3. The number of alkyl halides is 3. The number of rotatable bonds is 2. The highest BCUT2D eigenvalue weighted by Gasteiger charge is 2.38. The fraction of sp³-hybridized carbons (Fsp3) is 0.0909. The van der Waals surface area contributed by atoms with Crippen molar-refractivity contribution in [3.63, 3.8) is 0 Å². The molecular weight excluding hydrogens is 395 g/mol. The Bertz CT molecular complexity index is 1230. The minimum Gasteiger partial charge on any atom is -0.268 e. The van der Waals surface area contributed by atoms with Gasteiger partial charge in [-0.15, -0.1) is 0 Å². The number of pyridine rings is 1. The van der Waals surface area contributed by atoms with E-state index in [2.05, 4.69) is 9.98 Å². The molecule has 3 aromatic rings. The summed E-state index contributed by atoms with van der Waals surface area (Å²) < 4.78 is 39.1. The van der Waals surface area contributed by atoms with Crippen LogP contribution in [0.3, 0.4) is 0 Å². The lowest BCUT2D eigenvalue weighted by molar-refractivity contribution is -0.137. The predicted molar refractivity (Wildman–Crippen MR) is 103 cm³/mol. The highest BCUT2D eigenvalue weighted by Crippen LogP contribution is 2.38. The first-order valence-corrected chi connectivity index (χ1v) is 9.04. The molecule has 0 bridgehead atoms. The van der Waals surface area contributed by atoms with Crippen LogP contribution in [0.4, 0.5) is 24.5 Å². The van der Waals surface area contributed by atoms with Gasteiger partial charge in [0.1, 0.15) is 0 Å². The van der Waals surface area contributed by atoms with Crippen LogP contribution >= 0.6 is 0 Å². The summed E-state index contributed by atoms with van der Waals surface area (Å²) in [5.41, 5.74) is 1.89. The van der Waals surface area contributed by atoms with Gasteiger partial charge in [0.25, 0.3) is 11.8 Å². The normalized spacial score (nSPS) is 15.3. The van der Waals surface area contributed by atoms with E-state index in [-0.39, 0.29) is 17.8 Å². The van der Waals surface area contributed by atoms with E-state index in [1.165, 1.54) is 18.5 Å². The zero-order valence-electron chi connectivity index (χ0n) is 15.3. The summed E-state index contributed by atoms with van der Waals surface area (Å²) in [5, 5.41) is 0. The van der Waals surface area contributed by atoms with Crippen LogP contribution in [0.1, 0.15) is 37.4 Å². The number of benzene rings is 2. The average Bonchev–Trinajstić information content (AvgIpc) is 3.26. The molecule has 1 aromatic heterocycles. The lowest BCUT2D eigenvalue weighted by Gasteiger charge is -2.17. The Labute approximate surface area is 168 Å². The molecule has 2 aromatic carbocycles. The Morgan fingerprint density at radius 3 is 2.27 bits per heavy atom. The molecule has 0 N–H and O–H groups in total. The third kappa shape index (κ3) is 2.72. The van der Waals surface area contributed by atoms with E-state index < -0.39 is 23.6 Å². The molecule has 0 atom stereocenters. The summed E-state index contributed by atoms with van der Waals surface area (Å²) in [4.78, 5) is 35.2. The Morgan fingerprint density at radius 2 is 1.60 bits per heavy atom. The quantitative estimate of drug-likeness (QED) is 0.585. The van der Waals surface area contributed by atoms with E-state index in [1.54, 1.807) is 30.3 Å². The molecule has 5 rings (SSSR count). The number of fused-ring (bicyclic) bond motifs is 2. The van der Waals surface area contributed by atoms with Crippen LogP contribution in [-0.2, 0) is 12.6 Å². The molecular formula is C22H12F3N3O2. The molecule has 0 aliphatic carbocycles. The second kappa shape index (κ2) is 6.35. The molecule has 0 saturated carbocycles. The highest BCUT2D eigenvalue weighted by atomic mass is 19.4. The van der Waals surface area contributed by atoms with Crippen molar-refractivity contribution in [3.05, 3.63) is 88.7 Å². The highest BCUT2D eigenvalue weighted by molar-refractivity contribution is 6.35. The maximum Gasteiger partial charge on any atom is 0.416 e. The number of aromatic nitrogens is 1. The van der Waals surface area contributed by atoms with Crippen molar-refractivity contribution in [2.75, 3.05) is 4.90 Å². The van der Waals surface area contributed by atoms with Crippen molar-refractivity contribution in [2.45, 2.75) is 12.6 Å². The molecule has 2 aliphatic heterocycles. The lowest BCUT2D eigenvalue weighted by Crippen LogP contribution is -2.31. The van der Waals surface area contributed by atoms with Crippen LogP contribution in [-0.4, -0.2) is 22.5 Å². The predicted octanol–water partition coefficient (Wildman–Crippen LogP) is 4.58. The first kappa shape index (κ1) is 18.2. The van der Waals surface area contributed by atoms with E-state index in [0.29, 0.717) is 28.0 Å². The largest absolute Gasteiger partial charge is 0.416 e. The Hall–Kier alpha value is -3.81. The molecule has 2 amide bonds. The van der Waals surface area contributed by atoms with Gasteiger partial charge in [0.15, 0.2) is 0 Å². The van der Waals surface area contributed by atoms with Crippen LogP contribution in [0.2, 0.25) is 0 Å². The van der Waals surface area contributed by atoms with Crippen LogP contribution in [0.5, 0.6) is 0 Å². The van der Waals surface area contributed by atoms with Crippen LogP contribution in [0.15, 0.2) is 65.9 Å². The van der Waals surface area contributed by atoms with E-state index in [0.717, 1.165) is 17.0 Å². The minimum absolute atomic E-state index is 0.227. The van der Waals surface area contributed by atoms with Gasteiger partial charge >= 0.3 is 6.18 Å². The van der Waals surface area contributed by atoms with Gasteiger partial charge in [0.05, 0.1) is 40.0 Å². The number of carbonyl (C=O) groups is 2. The number of anilines is 1. The number of halogens is 3. The van der Waals surface area contributed by atoms with Gasteiger partial charge in [-0.25, -0.2) is 4.90 Å². The maximum absolute atomic E-state index is 13.0. The number of amides is 2. The topological polar surface area (TPSA) is 62.6 Å². The Balaban J connectivity index is 1.57. The molecule has 0 fully saturated rings. The van der Waals surface area contributed by atoms with Crippen molar-refractivity contribution in [1.82, 2.24) is 4.98 Å². The fourth-order valence-electron chi connectivity index (χ4n) is 3.73. The van der Waals surface area contributed by atoms with Gasteiger partial charge in [-0.05, 0) is 35.9 Å². The average molecular weight is 407 g/mol. The van der Waals surface area contributed by atoms with Crippen molar-refractivity contribution in [2.24, 2.45) is 4.99 Å². The van der Waals surface area contributed by atoms with E-state index in [9.17, 15) is 22.8 Å². The van der Waals surface area contributed by atoms with E-state index >= 15 is 0 Å². The van der Waals surface area contributed by atoms with Crippen molar-refractivity contribution < 1.29 is 22.8 Å². The van der Waals surface area contributed by atoms with Crippen molar-refractivity contribution in [1.29, 1.82) is 0 Å².